The minimum atomic E-state index is -0.269. The van der Waals surface area contributed by atoms with Gasteiger partial charge in [-0.3, -0.25) is 4.79 Å². The normalized spacial score (nSPS) is 15.4. The highest BCUT2D eigenvalue weighted by Gasteiger charge is 2.19. The maximum absolute atomic E-state index is 12.0. The Kier molecular flexibility index (Phi) is 4.03. The first-order valence-corrected chi connectivity index (χ1v) is 8.40. The van der Waals surface area contributed by atoms with Gasteiger partial charge in [-0.2, -0.15) is 0 Å². The quantitative estimate of drug-likeness (QED) is 0.936. The van der Waals surface area contributed by atoms with Crippen LogP contribution in [0.2, 0.25) is 0 Å². The van der Waals surface area contributed by atoms with Crippen LogP contribution >= 0.6 is 23.5 Å². The average molecular weight is 306 g/mol. The highest BCUT2D eigenvalue weighted by Crippen LogP contribution is 2.45. The van der Waals surface area contributed by atoms with Crippen LogP contribution in [0.4, 0.5) is 5.69 Å². The standard InChI is InChI=1S/C14H14N2O2S2/c1-9-7-12(18-16-9)13(17)15-11-4-2-3-10(8-11)14-19-5-6-20-14/h2-4,7-8,14H,5-6H2,1H3,(H,15,17). The number of aryl methyl sites for hydroxylation is 1. The first kappa shape index (κ1) is 13.6. The molecule has 1 aromatic heterocycles. The Morgan fingerprint density at radius 2 is 2.15 bits per heavy atom. The van der Waals surface area contributed by atoms with Gasteiger partial charge in [0.15, 0.2) is 0 Å². The van der Waals surface area contributed by atoms with Crippen LogP contribution in [-0.2, 0) is 0 Å². The van der Waals surface area contributed by atoms with Crippen molar-refractivity contribution in [1.82, 2.24) is 5.16 Å². The Balaban J connectivity index is 1.74. The lowest BCUT2D eigenvalue weighted by molar-refractivity contribution is 0.0988. The van der Waals surface area contributed by atoms with Crippen molar-refractivity contribution in [3.8, 4) is 0 Å². The Morgan fingerprint density at radius 3 is 2.85 bits per heavy atom. The Labute approximate surface area is 125 Å². The van der Waals surface area contributed by atoms with E-state index in [1.54, 1.807) is 13.0 Å². The van der Waals surface area contributed by atoms with Gasteiger partial charge in [0.1, 0.15) is 0 Å². The SMILES string of the molecule is Cc1cc(C(=O)Nc2cccc(C3SCCS3)c2)on1. The summed E-state index contributed by atoms with van der Waals surface area (Å²) in [5.74, 6) is 2.33. The number of benzene rings is 1. The summed E-state index contributed by atoms with van der Waals surface area (Å²) in [4.78, 5) is 12.0. The molecule has 0 atom stereocenters. The van der Waals surface area contributed by atoms with E-state index in [0.717, 1.165) is 5.69 Å². The van der Waals surface area contributed by atoms with E-state index < -0.39 is 0 Å². The lowest BCUT2D eigenvalue weighted by Crippen LogP contribution is -2.11. The molecular weight excluding hydrogens is 292 g/mol. The number of carbonyl (C=O) groups is 1. The summed E-state index contributed by atoms with van der Waals surface area (Å²) in [5.41, 5.74) is 2.72. The van der Waals surface area contributed by atoms with Crippen molar-refractivity contribution >= 4 is 35.1 Å². The second-order valence-corrected chi connectivity index (χ2v) is 7.21. The number of nitrogens with zero attached hydrogens (tertiary/aromatic N) is 1. The molecule has 20 heavy (non-hydrogen) atoms. The van der Waals surface area contributed by atoms with E-state index in [1.165, 1.54) is 17.1 Å². The Morgan fingerprint density at radius 1 is 1.35 bits per heavy atom. The van der Waals surface area contributed by atoms with Gasteiger partial charge in [0.2, 0.25) is 5.76 Å². The van der Waals surface area contributed by atoms with Crippen LogP contribution in [-0.4, -0.2) is 22.6 Å². The summed E-state index contributed by atoms with van der Waals surface area (Å²) in [5, 5.41) is 6.56. The number of aromatic nitrogens is 1. The third kappa shape index (κ3) is 3.02. The number of anilines is 1. The second-order valence-electron chi connectivity index (χ2n) is 4.49. The van der Waals surface area contributed by atoms with Crippen LogP contribution in [0.5, 0.6) is 0 Å². The first-order valence-electron chi connectivity index (χ1n) is 6.30. The molecule has 0 spiro atoms. The summed E-state index contributed by atoms with van der Waals surface area (Å²) in [6, 6.07) is 9.61. The molecule has 0 aliphatic carbocycles. The molecule has 1 amide bonds. The van der Waals surface area contributed by atoms with Gasteiger partial charge in [-0.1, -0.05) is 17.3 Å². The van der Waals surface area contributed by atoms with Crippen LogP contribution in [0.3, 0.4) is 0 Å². The van der Waals surface area contributed by atoms with Crippen molar-refractivity contribution in [2.75, 3.05) is 16.8 Å². The fourth-order valence-corrected chi connectivity index (χ4v) is 4.82. The van der Waals surface area contributed by atoms with E-state index in [0.29, 0.717) is 10.3 Å². The third-order valence-electron chi connectivity index (χ3n) is 2.89. The summed E-state index contributed by atoms with van der Waals surface area (Å²) < 4.78 is 5.43. The monoisotopic (exact) mass is 306 g/mol. The minimum Gasteiger partial charge on any atom is -0.351 e. The molecule has 0 bridgehead atoms. The Bertz CT molecular complexity index is 621. The predicted octanol–water partition coefficient (Wildman–Crippen LogP) is 3.71. The molecule has 3 rings (SSSR count). The van der Waals surface area contributed by atoms with Crippen molar-refractivity contribution in [3.05, 3.63) is 47.3 Å². The number of hydrogen-bond donors (Lipinski definition) is 1. The maximum Gasteiger partial charge on any atom is 0.294 e. The van der Waals surface area contributed by atoms with E-state index in [4.69, 9.17) is 4.52 Å². The molecule has 2 aromatic rings. The van der Waals surface area contributed by atoms with Crippen molar-refractivity contribution in [1.29, 1.82) is 0 Å². The van der Waals surface area contributed by atoms with Crippen molar-refractivity contribution in [2.45, 2.75) is 11.5 Å². The molecule has 0 saturated carbocycles. The Hall–Kier alpha value is -1.40. The van der Waals surface area contributed by atoms with Gasteiger partial charge >= 0.3 is 0 Å². The lowest BCUT2D eigenvalue weighted by Gasteiger charge is -2.10. The zero-order chi connectivity index (χ0) is 13.9. The van der Waals surface area contributed by atoms with Crippen LogP contribution in [0, 0.1) is 6.92 Å². The zero-order valence-electron chi connectivity index (χ0n) is 11.0. The summed E-state index contributed by atoms with van der Waals surface area (Å²) in [6.45, 7) is 1.79. The van der Waals surface area contributed by atoms with Crippen molar-refractivity contribution < 1.29 is 9.32 Å². The molecule has 1 N–H and O–H groups in total. The van der Waals surface area contributed by atoms with Crippen molar-refractivity contribution in [3.63, 3.8) is 0 Å². The number of rotatable bonds is 3. The molecule has 104 valence electrons. The van der Waals surface area contributed by atoms with Gasteiger partial charge in [0.05, 0.1) is 10.3 Å². The van der Waals surface area contributed by atoms with Gasteiger partial charge in [0, 0.05) is 23.3 Å². The van der Waals surface area contributed by atoms with Crippen LogP contribution < -0.4 is 5.32 Å². The zero-order valence-corrected chi connectivity index (χ0v) is 12.6. The fraction of sp³-hybridized carbons (Fsp3) is 0.286. The van der Waals surface area contributed by atoms with Gasteiger partial charge in [-0.05, 0) is 24.6 Å². The van der Waals surface area contributed by atoms with Crippen molar-refractivity contribution in [2.24, 2.45) is 0 Å². The molecule has 1 aromatic carbocycles. The maximum atomic E-state index is 12.0. The van der Waals surface area contributed by atoms with Crippen LogP contribution in [0.1, 0.15) is 26.4 Å². The molecule has 0 radical (unpaired) electrons. The van der Waals surface area contributed by atoms with E-state index in [2.05, 4.69) is 16.5 Å². The van der Waals surface area contributed by atoms with E-state index in [9.17, 15) is 4.79 Å². The van der Waals surface area contributed by atoms with Gasteiger partial charge in [0.25, 0.3) is 5.91 Å². The molecule has 1 saturated heterocycles. The molecule has 1 fully saturated rings. The molecular formula is C14H14N2O2S2. The molecule has 4 nitrogen and oxygen atoms in total. The number of nitrogens with one attached hydrogen (secondary N) is 1. The van der Waals surface area contributed by atoms with Crippen LogP contribution in [0.15, 0.2) is 34.9 Å². The minimum absolute atomic E-state index is 0.234. The highest BCUT2D eigenvalue weighted by atomic mass is 32.2. The molecule has 6 heteroatoms. The van der Waals surface area contributed by atoms with Gasteiger partial charge in [-0.15, -0.1) is 23.5 Å². The first-order chi connectivity index (χ1) is 9.72. The lowest BCUT2D eigenvalue weighted by atomic mass is 10.2. The summed E-state index contributed by atoms with van der Waals surface area (Å²) >= 11 is 3.89. The number of amides is 1. The number of thioether (sulfide) groups is 2. The number of hydrogen-bond acceptors (Lipinski definition) is 5. The van der Waals surface area contributed by atoms with Crippen LogP contribution in [0.25, 0.3) is 0 Å². The largest absolute Gasteiger partial charge is 0.351 e. The van der Waals surface area contributed by atoms with Gasteiger partial charge in [-0.25, -0.2) is 0 Å². The average Bonchev–Trinajstić information content (AvgIpc) is 3.10. The highest BCUT2D eigenvalue weighted by molar-refractivity contribution is 8.19. The smallest absolute Gasteiger partial charge is 0.294 e. The van der Waals surface area contributed by atoms with E-state index in [-0.39, 0.29) is 11.7 Å². The van der Waals surface area contributed by atoms with E-state index >= 15 is 0 Å². The summed E-state index contributed by atoms with van der Waals surface area (Å²) in [6.07, 6.45) is 0. The second kappa shape index (κ2) is 5.93. The molecule has 2 heterocycles. The summed E-state index contributed by atoms with van der Waals surface area (Å²) in [7, 11) is 0. The number of carbonyl (C=O) groups excluding carboxylic acids is 1. The molecule has 0 unspecified atom stereocenters. The topological polar surface area (TPSA) is 55.1 Å². The third-order valence-corrected chi connectivity index (χ3v) is 5.99. The fourth-order valence-electron chi connectivity index (χ4n) is 1.98. The molecule has 1 aliphatic rings. The predicted molar refractivity (Wildman–Crippen MR) is 83.3 cm³/mol. The van der Waals surface area contributed by atoms with E-state index in [1.807, 2.05) is 41.7 Å². The van der Waals surface area contributed by atoms with Gasteiger partial charge < -0.3 is 9.84 Å². The molecule has 1 aliphatic heterocycles.